The molecule has 1 heterocycles. The van der Waals surface area contributed by atoms with Gasteiger partial charge in [-0.2, -0.15) is 0 Å². The molecule has 1 fully saturated rings. The summed E-state index contributed by atoms with van der Waals surface area (Å²) in [5, 5.41) is 3.14. The number of rotatable bonds is 6. The molecular weight excluding hydrogens is 476 g/mol. The van der Waals surface area contributed by atoms with Crippen molar-refractivity contribution in [2.45, 2.75) is 50.8 Å². The summed E-state index contributed by atoms with van der Waals surface area (Å²) in [6.45, 7) is 2.81. The Morgan fingerprint density at radius 2 is 1.77 bits per heavy atom. The molecule has 0 aromatic heterocycles. The SMILES string of the molecule is CC(NC(=O)C1CCN(S(=O)(=O)Cc2ccc(Br)cc2)CC1)c1ccc2c(c1)CCC2. The van der Waals surface area contributed by atoms with E-state index in [2.05, 4.69) is 39.4 Å². The first-order chi connectivity index (χ1) is 14.8. The standard InChI is InChI=1S/C24H29BrN2O3S/c1-17(21-8-7-19-3-2-4-22(19)15-21)26-24(28)20-11-13-27(14-12-20)31(29,30)16-18-5-9-23(25)10-6-18/h5-10,15,17,20H,2-4,11-14,16H2,1H3,(H,26,28). The van der Waals surface area contributed by atoms with Gasteiger partial charge in [0.15, 0.2) is 0 Å². The average Bonchev–Trinajstić information content (AvgIpc) is 3.23. The largest absolute Gasteiger partial charge is 0.349 e. The molecule has 4 rings (SSSR count). The third kappa shape index (κ3) is 5.38. The van der Waals surface area contributed by atoms with Crippen LogP contribution in [0.5, 0.6) is 0 Å². The number of sulfonamides is 1. The number of nitrogens with zero attached hydrogens (tertiary/aromatic N) is 1. The first-order valence-electron chi connectivity index (χ1n) is 11.0. The van der Waals surface area contributed by atoms with Crippen LogP contribution in [0.3, 0.4) is 0 Å². The maximum Gasteiger partial charge on any atom is 0.223 e. The lowest BCUT2D eigenvalue weighted by Crippen LogP contribution is -2.43. The second-order valence-electron chi connectivity index (χ2n) is 8.67. The summed E-state index contributed by atoms with van der Waals surface area (Å²) in [7, 11) is -3.38. The number of carbonyl (C=O) groups excluding carboxylic acids is 1. The number of carbonyl (C=O) groups is 1. The minimum atomic E-state index is -3.38. The van der Waals surface area contributed by atoms with Crippen molar-refractivity contribution in [3.8, 4) is 0 Å². The summed E-state index contributed by atoms with van der Waals surface area (Å²) in [5.41, 5.74) is 4.75. The Hall–Kier alpha value is -1.70. The van der Waals surface area contributed by atoms with Crippen LogP contribution in [0.2, 0.25) is 0 Å². The second kappa shape index (κ2) is 9.43. The lowest BCUT2D eigenvalue weighted by Gasteiger charge is -2.31. The molecule has 166 valence electrons. The third-order valence-corrected chi connectivity index (χ3v) is 8.84. The Labute approximate surface area is 193 Å². The highest BCUT2D eigenvalue weighted by atomic mass is 79.9. The summed E-state index contributed by atoms with van der Waals surface area (Å²) in [4.78, 5) is 12.8. The summed E-state index contributed by atoms with van der Waals surface area (Å²) in [5.74, 6) is -0.124. The van der Waals surface area contributed by atoms with Crippen LogP contribution in [0.1, 0.15) is 54.5 Å². The van der Waals surface area contributed by atoms with Gasteiger partial charge in [-0.05, 0) is 73.4 Å². The molecule has 1 aliphatic carbocycles. The van der Waals surface area contributed by atoms with E-state index in [1.165, 1.54) is 21.9 Å². The van der Waals surface area contributed by atoms with Crippen molar-refractivity contribution >= 4 is 31.9 Å². The van der Waals surface area contributed by atoms with Gasteiger partial charge >= 0.3 is 0 Å². The molecule has 2 aromatic carbocycles. The van der Waals surface area contributed by atoms with Crippen molar-refractivity contribution in [1.82, 2.24) is 9.62 Å². The zero-order chi connectivity index (χ0) is 22.0. The highest BCUT2D eigenvalue weighted by Gasteiger charge is 2.31. The van der Waals surface area contributed by atoms with Crippen LogP contribution in [0, 0.1) is 5.92 Å². The van der Waals surface area contributed by atoms with Gasteiger partial charge in [0.2, 0.25) is 15.9 Å². The third-order valence-electron chi connectivity index (χ3n) is 6.46. The van der Waals surface area contributed by atoms with Crippen LogP contribution in [-0.4, -0.2) is 31.7 Å². The summed E-state index contributed by atoms with van der Waals surface area (Å²) >= 11 is 3.37. The number of benzene rings is 2. The van der Waals surface area contributed by atoms with Crippen molar-refractivity contribution in [2.75, 3.05) is 13.1 Å². The van der Waals surface area contributed by atoms with Gasteiger partial charge in [-0.3, -0.25) is 4.79 Å². The van der Waals surface area contributed by atoms with Crippen LogP contribution in [0.15, 0.2) is 46.9 Å². The molecule has 0 spiro atoms. The van der Waals surface area contributed by atoms with Crippen LogP contribution < -0.4 is 5.32 Å². The number of hydrogen-bond donors (Lipinski definition) is 1. The topological polar surface area (TPSA) is 66.5 Å². The molecule has 1 amide bonds. The molecule has 31 heavy (non-hydrogen) atoms. The van der Waals surface area contributed by atoms with Gasteiger partial charge in [-0.25, -0.2) is 12.7 Å². The number of aryl methyl sites for hydroxylation is 2. The highest BCUT2D eigenvalue weighted by Crippen LogP contribution is 2.27. The van der Waals surface area contributed by atoms with Crippen LogP contribution in [0.4, 0.5) is 0 Å². The molecule has 0 bridgehead atoms. The molecule has 0 radical (unpaired) electrons. The van der Waals surface area contributed by atoms with Crippen molar-refractivity contribution in [3.63, 3.8) is 0 Å². The summed E-state index contributed by atoms with van der Waals surface area (Å²) in [6, 6.07) is 13.8. The van der Waals surface area contributed by atoms with Crippen molar-refractivity contribution < 1.29 is 13.2 Å². The van der Waals surface area contributed by atoms with E-state index < -0.39 is 10.0 Å². The maximum absolute atomic E-state index is 12.8. The van der Waals surface area contributed by atoms with Gasteiger partial charge in [0.05, 0.1) is 11.8 Å². The molecule has 1 aliphatic heterocycles. The Bertz CT molecular complexity index is 1040. The molecule has 1 atom stereocenters. The van der Waals surface area contributed by atoms with Crippen molar-refractivity contribution in [2.24, 2.45) is 5.92 Å². The van der Waals surface area contributed by atoms with Gasteiger partial charge < -0.3 is 5.32 Å². The van der Waals surface area contributed by atoms with E-state index in [0.29, 0.717) is 25.9 Å². The van der Waals surface area contributed by atoms with E-state index in [1.54, 1.807) is 0 Å². The molecule has 7 heteroatoms. The van der Waals surface area contributed by atoms with Crippen molar-refractivity contribution in [1.29, 1.82) is 0 Å². The number of hydrogen-bond acceptors (Lipinski definition) is 3. The quantitative estimate of drug-likeness (QED) is 0.635. The molecule has 2 aliphatic rings. The Morgan fingerprint density at radius 3 is 2.48 bits per heavy atom. The fraction of sp³-hybridized carbons (Fsp3) is 0.458. The van der Waals surface area contributed by atoms with Crippen molar-refractivity contribution in [3.05, 3.63) is 69.2 Å². The number of nitrogens with one attached hydrogen (secondary N) is 1. The molecule has 2 aromatic rings. The Balaban J connectivity index is 1.30. The molecule has 1 N–H and O–H groups in total. The van der Waals surface area contributed by atoms with Gasteiger partial charge in [-0.15, -0.1) is 0 Å². The van der Waals surface area contributed by atoms with Gasteiger partial charge in [-0.1, -0.05) is 46.3 Å². The lowest BCUT2D eigenvalue weighted by molar-refractivity contribution is -0.126. The van der Waals surface area contributed by atoms with E-state index in [9.17, 15) is 13.2 Å². The highest BCUT2D eigenvalue weighted by molar-refractivity contribution is 9.10. The fourth-order valence-corrected chi connectivity index (χ4v) is 6.38. The van der Waals surface area contributed by atoms with E-state index in [0.717, 1.165) is 28.4 Å². The molecule has 1 saturated heterocycles. The average molecular weight is 505 g/mol. The predicted molar refractivity (Wildman–Crippen MR) is 126 cm³/mol. The predicted octanol–water partition coefficient (Wildman–Crippen LogP) is 4.36. The first-order valence-corrected chi connectivity index (χ1v) is 13.4. The molecule has 0 saturated carbocycles. The molecule has 1 unspecified atom stereocenters. The zero-order valence-electron chi connectivity index (χ0n) is 17.8. The van der Waals surface area contributed by atoms with E-state index in [-0.39, 0.29) is 23.6 Å². The van der Waals surface area contributed by atoms with Crippen LogP contribution >= 0.6 is 15.9 Å². The van der Waals surface area contributed by atoms with E-state index in [1.807, 2.05) is 31.2 Å². The number of piperidine rings is 1. The smallest absolute Gasteiger partial charge is 0.223 e. The van der Waals surface area contributed by atoms with Gasteiger partial charge in [0.1, 0.15) is 0 Å². The summed E-state index contributed by atoms with van der Waals surface area (Å²) < 4.78 is 28.0. The minimum Gasteiger partial charge on any atom is -0.349 e. The first kappa shape index (κ1) is 22.5. The Kier molecular flexibility index (Phi) is 6.84. The summed E-state index contributed by atoms with van der Waals surface area (Å²) in [6.07, 6.45) is 4.60. The minimum absolute atomic E-state index is 0.00743. The molecule has 5 nitrogen and oxygen atoms in total. The van der Waals surface area contributed by atoms with Gasteiger partial charge in [0, 0.05) is 23.5 Å². The normalized spacial score (nSPS) is 18.5. The maximum atomic E-state index is 12.8. The monoisotopic (exact) mass is 504 g/mol. The zero-order valence-corrected chi connectivity index (χ0v) is 20.2. The number of fused-ring (bicyclic) bond motifs is 1. The van der Waals surface area contributed by atoms with Crippen LogP contribution in [-0.2, 0) is 33.4 Å². The van der Waals surface area contributed by atoms with Crippen LogP contribution in [0.25, 0.3) is 0 Å². The van der Waals surface area contributed by atoms with E-state index in [4.69, 9.17) is 0 Å². The second-order valence-corrected chi connectivity index (χ2v) is 11.6. The lowest BCUT2D eigenvalue weighted by atomic mass is 9.96. The molecular formula is C24H29BrN2O3S. The van der Waals surface area contributed by atoms with Gasteiger partial charge in [0.25, 0.3) is 0 Å². The fourth-order valence-electron chi connectivity index (χ4n) is 4.55. The number of halogens is 1. The van der Waals surface area contributed by atoms with E-state index >= 15 is 0 Å². The number of amides is 1. The Morgan fingerprint density at radius 1 is 1.10 bits per heavy atom.